The molecule has 72 valence electrons. The van der Waals surface area contributed by atoms with Crippen molar-refractivity contribution in [2.24, 2.45) is 5.84 Å². The third kappa shape index (κ3) is 1.69. The Morgan fingerprint density at radius 1 is 1.46 bits per heavy atom. The first-order chi connectivity index (χ1) is 6.31. The van der Waals surface area contributed by atoms with Gasteiger partial charge in [-0.25, -0.2) is 10.8 Å². The molecule has 0 amide bonds. The number of anilines is 1. The first kappa shape index (κ1) is 8.97. The highest BCUT2D eigenvalue weighted by atomic mass is 32.1. The van der Waals surface area contributed by atoms with Crippen LogP contribution in [0.4, 0.5) is 5.00 Å². The molecule has 0 spiro atoms. The fourth-order valence-corrected chi connectivity index (χ4v) is 2.94. The maximum Gasteiger partial charge on any atom is 0.126 e. The van der Waals surface area contributed by atoms with Crippen LogP contribution >= 0.6 is 11.3 Å². The van der Waals surface area contributed by atoms with Gasteiger partial charge in [0.05, 0.1) is 10.7 Å². The summed E-state index contributed by atoms with van der Waals surface area (Å²) >= 11 is 1.71. The molecule has 0 saturated heterocycles. The van der Waals surface area contributed by atoms with E-state index in [0.717, 1.165) is 10.7 Å². The van der Waals surface area contributed by atoms with Crippen LogP contribution in [0.25, 0.3) is 0 Å². The number of nitrogens with zero attached hydrogens (tertiary/aromatic N) is 1. The zero-order valence-electron chi connectivity index (χ0n) is 7.84. The highest BCUT2D eigenvalue weighted by Crippen LogP contribution is 2.38. The first-order valence-electron chi connectivity index (χ1n) is 4.75. The molecule has 0 aromatic carbocycles. The molecule has 1 aliphatic rings. The first-order valence-corrected chi connectivity index (χ1v) is 5.57. The van der Waals surface area contributed by atoms with Crippen LogP contribution in [-0.4, -0.2) is 4.98 Å². The highest BCUT2D eigenvalue weighted by molar-refractivity contribution is 7.15. The summed E-state index contributed by atoms with van der Waals surface area (Å²) in [6.07, 6.45) is 5.32. The molecule has 0 radical (unpaired) electrons. The average Bonchev–Trinajstić information content (AvgIpc) is 2.71. The Labute approximate surface area is 82.3 Å². The molecule has 1 aliphatic carbocycles. The molecule has 4 heteroatoms. The van der Waals surface area contributed by atoms with Crippen LogP contribution < -0.4 is 11.3 Å². The SMILES string of the molecule is Cc1nc(C2CCCC2)sc1NN. The third-order valence-electron chi connectivity index (χ3n) is 2.65. The van der Waals surface area contributed by atoms with Crippen molar-refractivity contribution in [3.8, 4) is 0 Å². The van der Waals surface area contributed by atoms with Gasteiger partial charge in [0.2, 0.25) is 0 Å². The molecule has 1 fully saturated rings. The van der Waals surface area contributed by atoms with Gasteiger partial charge in [0.25, 0.3) is 0 Å². The summed E-state index contributed by atoms with van der Waals surface area (Å²) in [6.45, 7) is 2.00. The van der Waals surface area contributed by atoms with Crippen molar-refractivity contribution < 1.29 is 0 Å². The third-order valence-corrected chi connectivity index (χ3v) is 3.90. The Morgan fingerprint density at radius 3 is 2.69 bits per heavy atom. The minimum atomic E-state index is 0.700. The predicted molar refractivity (Wildman–Crippen MR) is 55.9 cm³/mol. The van der Waals surface area contributed by atoms with Gasteiger partial charge in [0.1, 0.15) is 5.00 Å². The van der Waals surface area contributed by atoms with Crippen LogP contribution in [0.5, 0.6) is 0 Å². The number of thiazole rings is 1. The lowest BCUT2D eigenvalue weighted by Crippen LogP contribution is -2.05. The molecule has 0 bridgehead atoms. The van der Waals surface area contributed by atoms with E-state index < -0.39 is 0 Å². The van der Waals surface area contributed by atoms with Gasteiger partial charge in [-0.3, -0.25) is 0 Å². The maximum absolute atomic E-state index is 5.38. The Hall–Kier alpha value is -0.610. The molecule has 0 unspecified atom stereocenters. The number of nitrogens with two attached hydrogens (primary N) is 1. The van der Waals surface area contributed by atoms with E-state index in [-0.39, 0.29) is 0 Å². The molecule has 1 heterocycles. The lowest BCUT2D eigenvalue weighted by atomic mass is 10.1. The van der Waals surface area contributed by atoms with Crippen molar-refractivity contribution in [1.82, 2.24) is 4.98 Å². The molecular formula is C9H15N3S. The second-order valence-electron chi connectivity index (χ2n) is 3.59. The standard InChI is InChI=1S/C9H15N3S/c1-6-8(12-10)13-9(11-6)7-4-2-3-5-7/h7,12H,2-5,10H2,1H3. The van der Waals surface area contributed by atoms with E-state index in [0.29, 0.717) is 5.92 Å². The van der Waals surface area contributed by atoms with Crippen molar-refractivity contribution in [3.63, 3.8) is 0 Å². The van der Waals surface area contributed by atoms with E-state index in [9.17, 15) is 0 Å². The van der Waals surface area contributed by atoms with Gasteiger partial charge < -0.3 is 5.43 Å². The summed E-state index contributed by atoms with van der Waals surface area (Å²) in [5, 5.41) is 2.28. The number of nitrogens with one attached hydrogen (secondary N) is 1. The summed E-state index contributed by atoms with van der Waals surface area (Å²) in [5.74, 6) is 6.08. The number of hydrogen-bond acceptors (Lipinski definition) is 4. The molecule has 13 heavy (non-hydrogen) atoms. The van der Waals surface area contributed by atoms with Crippen molar-refractivity contribution in [3.05, 3.63) is 10.7 Å². The molecule has 3 N–H and O–H groups in total. The second kappa shape index (κ2) is 3.64. The predicted octanol–water partition coefficient (Wildman–Crippen LogP) is 2.39. The van der Waals surface area contributed by atoms with Crippen LogP contribution in [-0.2, 0) is 0 Å². The quantitative estimate of drug-likeness (QED) is 0.565. The molecule has 1 saturated carbocycles. The number of aromatic nitrogens is 1. The van der Waals surface area contributed by atoms with Crippen molar-refractivity contribution >= 4 is 16.3 Å². The fourth-order valence-electron chi connectivity index (χ4n) is 1.90. The van der Waals surface area contributed by atoms with Gasteiger partial charge in [-0.1, -0.05) is 24.2 Å². The maximum atomic E-state index is 5.38. The van der Waals surface area contributed by atoms with E-state index in [2.05, 4.69) is 10.4 Å². The lowest BCUT2D eigenvalue weighted by Gasteiger charge is -2.01. The summed E-state index contributed by atoms with van der Waals surface area (Å²) in [7, 11) is 0. The molecular weight excluding hydrogens is 182 g/mol. The smallest absolute Gasteiger partial charge is 0.126 e. The largest absolute Gasteiger partial charge is 0.314 e. The molecule has 2 rings (SSSR count). The van der Waals surface area contributed by atoms with E-state index >= 15 is 0 Å². The van der Waals surface area contributed by atoms with Crippen molar-refractivity contribution in [1.29, 1.82) is 0 Å². The van der Waals surface area contributed by atoms with Crippen LogP contribution in [0.15, 0.2) is 0 Å². The van der Waals surface area contributed by atoms with Gasteiger partial charge in [0, 0.05) is 5.92 Å². The molecule has 1 aromatic heterocycles. The Balaban J connectivity index is 2.20. The Morgan fingerprint density at radius 2 is 2.15 bits per heavy atom. The van der Waals surface area contributed by atoms with Crippen LogP contribution in [0.3, 0.4) is 0 Å². The monoisotopic (exact) mass is 197 g/mol. The van der Waals surface area contributed by atoms with Gasteiger partial charge >= 0.3 is 0 Å². The minimum absolute atomic E-state index is 0.700. The number of hydrogen-bond donors (Lipinski definition) is 2. The number of hydrazine groups is 1. The molecule has 1 aromatic rings. The Bertz CT molecular complexity index is 289. The average molecular weight is 197 g/mol. The highest BCUT2D eigenvalue weighted by Gasteiger charge is 2.21. The molecule has 3 nitrogen and oxygen atoms in total. The zero-order chi connectivity index (χ0) is 9.26. The topological polar surface area (TPSA) is 50.9 Å². The van der Waals surface area contributed by atoms with Crippen LogP contribution in [0.2, 0.25) is 0 Å². The van der Waals surface area contributed by atoms with E-state index in [1.807, 2.05) is 6.92 Å². The fraction of sp³-hybridized carbons (Fsp3) is 0.667. The Kier molecular flexibility index (Phi) is 2.51. The summed E-state index contributed by atoms with van der Waals surface area (Å²) < 4.78 is 0. The molecule has 0 atom stereocenters. The van der Waals surface area contributed by atoms with Gasteiger partial charge in [-0.2, -0.15) is 0 Å². The van der Waals surface area contributed by atoms with E-state index in [1.165, 1.54) is 30.7 Å². The zero-order valence-corrected chi connectivity index (χ0v) is 8.66. The summed E-state index contributed by atoms with van der Waals surface area (Å²) in [6, 6.07) is 0. The van der Waals surface area contributed by atoms with Gasteiger partial charge in [-0.05, 0) is 19.8 Å². The minimum Gasteiger partial charge on any atom is -0.314 e. The molecule has 0 aliphatic heterocycles. The second-order valence-corrected chi connectivity index (χ2v) is 4.62. The number of nitrogen functional groups attached to an aromatic ring is 1. The van der Waals surface area contributed by atoms with E-state index in [4.69, 9.17) is 5.84 Å². The number of rotatable bonds is 2. The summed E-state index contributed by atoms with van der Waals surface area (Å²) in [4.78, 5) is 4.54. The van der Waals surface area contributed by atoms with Crippen molar-refractivity contribution in [2.75, 3.05) is 5.43 Å². The van der Waals surface area contributed by atoms with Gasteiger partial charge in [0.15, 0.2) is 0 Å². The van der Waals surface area contributed by atoms with Crippen LogP contribution in [0.1, 0.15) is 42.3 Å². The number of aryl methyl sites for hydroxylation is 1. The van der Waals surface area contributed by atoms with Crippen LogP contribution in [0, 0.1) is 6.92 Å². The van der Waals surface area contributed by atoms with Gasteiger partial charge in [-0.15, -0.1) is 0 Å². The van der Waals surface area contributed by atoms with E-state index in [1.54, 1.807) is 11.3 Å². The summed E-state index contributed by atoms with van der Waals surface area (Å²) in [5.41, 5.74) is 3.73. The van der Waals surface area contributed by atoms with Crippen molar-refractivity contribution in [2.45, 2.75) is 38.5 Å². The normalized spacial score (nSPS) is 18.0. The lowest BCUT2D eigenvalue weighted by molar-refractivity contribution is 0.714.